The highest BCUT2D eigenvalue weighted by molar-refractivity contribution is 7.85. The lowest BCUT2D eigenvalue weighted by Crippen LogP contribution is -2.39. The molecule has 0 saturated carbocycles. The maximum absolute atomic E-state index is 13.1. The molecule has 0 heterocycles. The second-order valence-corrected chi connectivity index (χ2v) is 7.99. The van der Waals surface area contributed by atoms with E-state index in [2.05, 4.69) is 11.4 Å². The van der Waals surface area contributed by atoms with E-state index in [1.807, 2.05) is 85.8 Å². The van der Waals surface area contributed by atoms with E-state index in [-0.39, 0.29) is 5.75 Å². The van der Waals surface area contributed by atoms with Gasteiger partial charge in [-0.3, -0.25) is 4.21 Å². The summed E-state index contributed by atoms with van der Waals surface area (Å²) in [6, 6.07) is 26.7. The van der Waals surface area contributed by atoms with Gasteiger partial charge in [0.1, 0.15) is 5.75 Å². The van der Waals surface area contributed by atoms with Gasteiger partial charge in [0.25, 0.3) is 0 Å². The number of methoxy groups -OCH3 is 1. The molecule has 0 bridgehead atoms. The van der Waals surface area contributed by atoms with Crippen LogP contribution in [0.4, 0.5) is 5.69 Å². The summed E-state index contributed by atoms with van der Waals surface area (Å²) in [7, 11) is 0.257. The van der Waals surface area contributed by atoms with Crippen LogP contribution in [-0.4, -0.2) is 17.1 Å². The molecule has 3 rings (SSSR count). The van der Waals surface area contributed by atoms with Gasteiger partial charge in [0, 0.05) is 10.6 Å². The molecule has 0 aromatic heterocycles. The Morgan fingerprint density at radius 3 is 2.21 bits per heavy atom. The quantitative estimate of drug-likeness (QED) is 0.638. The number of aryl methyl sites for hydroxylation is 1. The third-order valence-electron chi connectivity index (χ3n) is 4.54. The first-order valence-corrected chi connectivity index (χ1v) is 10.2. The van der Waals surface area contributed by atoms with Gasteiger partial charge in [-0.25, -0.2) is 0 Å². The lowest BCUT2D eigenvalue weighted by molar-refractivity contribution is 0.415. The summed E-state index contributed by atoms with van der Waals surface area (Å²) in [4.78, 5) is 0.706. The van der Waals surface area contributed by atoms with E-state index >= 15 is 0 Å². The van der Waals surface area contributed by atoms with Crippen LogP contribution in [-0.2, 0) is 16.3 Å². The monoisotopic (exact) mass is 390 g/mol. The van der Waals surface area contributed by atoms with E-state index in [1.54, 1.807) is 7.11 Å². The van der Waals surface area contributed by atoms with E-state index < -0.39 is 16.3 Å². The zero-order chi connectivity index (χ0) is 20.0. The molecule has 0 aliphatic heterocycles. The topological polar surface area (TPSA) is 62.1 Å². The maximum atomic E-state index is 13.1. The van der Waals surface area contributed by atoms with E-state index in [1.165, 1.54) is 0 Å². The second kappa shape index (κ2) is 8.73. The Labute approximate surface area is 168 Å². The fraction of sp³-hybridized carbons (Fsp3) is 0.174. The molecule has 0 spiro atoms. The molecule has 0 aliphatic rings. The third kappa shape index (κ3) is 4.41. The lowest BCUT2D eigenvalue weighted by atomic mass is 9.93. The van der Waals surface area contributed by atoms with Crippen molar-refractivity contribution in [3.05, 3.63) is 90.0 Å². The van der Waals surface area contributed by atoms with Crippen molar-refractivity contribution < 1.29 is 8.95 Å². The van der Waals surface area contributed by atoms with Crippen LogP contribution in [0.5, 0.6) is 5.75 Å². The molecule has 5 heteroatoms. The molecule has 4 nitrogen and oxygen atoms in total. The largest absolute Gasteiger partial charge is 0.497 e. The lowest BCUT2D eigenvalue weighted by Gasteiger charge is -2.29. The van der Waals surface area contributed by atoms with Crippen molar-refractivity contribution in [3.8, 4) is 11.8 Å². The summed E-state index contributed by atoms with van der Waals surface area (Å²) < 4.78 is 18.3. The molecule has 0 fully saturated rings. The number of hydrogen-bond acceptors (Lipinski definition) is 4. The smallest absolute Gasteiger partial charge is 0.163 e. The second-order valence-electron chi connectivity index (χ2n) is 6.54. The molecule has 2 atom stereocenters. The summed E-state index contributed by atoms with van der Waals surface area (Å²) in [6.07, 6.45) is 0. The molecule has 0 saturated heterocycles. The first-order valence-electron chi connectivity index (χ1n) is 8.90. The maximum Gasteiger partial charge on any atom is 0.163 e. The molecular weight excluding hydrogens is 368 g/mol. The van der Waals surface area contributed by atoms with Gasteiger partial charge in [-0.1, -0.05) is 48.0 Å². The molecule has 142 valence electrons. The minimum atomic E-state index is -1.35. The summed E-state index contributed by atoms with van der Waals surface area (Å²) >= 11 is 0. The van der Waals surface area contributed by atoms with Crippen molar-refractivity contribution in [2.24, 2.45) is 0 Å². The Bertz CT molecular complexity index is 980. The number of nitriles is 1. The number of anilines is 1. The Morgan fingerprint density at radius 1 is 1.00 bits per heavy atom. The van der Waals surface area contributed by atoms with Crippen LogP contribution < -0.4 is 10.1 Å². The minimum Gasteiger partial charge on any atom is -0.497 e. The highest BCUT2D eigenvalue weighted by Gasteiger charge is 2.35. The SMILES string of the molecule is COc1ccc(N[C@](C#N)(CS(=O)c2ccc(C)cc2)c2ccccc2)cc1. The van der Waals surface area contributed by atoms with Gasteiger partial charge in [-0.2, -0.15) is 5.26 Å². The predicted molar refractivity (Wildman–Crippen MR) is 113 cm³/mol. The average molecular weight is 391 g/mol. The molecule has 3 aromatic rings. The van der Waals surface area contributed by atoms with Gasteiger partial charge in [-0.15, -0.1) is 0 Å². The number of nitrogens with one attached hydrogen (secondary N) is 1. The van der Waals surface area contributed by atoms with Crippen molar-refractivity contribution >= 4 is 16.5 Å². The number of nitrogens with zero attached hydrogens (tertiary/aromatic N) is 1. The van der Waals surface area contributed by atoms with Gasteiger partial charge in [0.05, 0.1) is 29.7 Å². The number of rotatable bonds is 7. The van der Waals surface area contributed by atoms with Gasteiger partial charge in [-0.05, 0) is 48.9 Å². The van der Waals surface area contributed by atoms with Crippen LogP contribution in [0.15, 0.2) is 83.8 Å². The molecule has 3 aromatic carbocycles. The standard InChI is InChI=1S/C23H22N2O2S/c1-18-8-14-22(15-9-18)28(26)17-23(16-24,19-6-4-3-5-7-19)25-20-10-12-21(27-2)13-11-20/h3-15,25H,17H2,1-2H3/t23-,28?/m1/s1. The zero-order valence-electron chi connectivity index (χ0n) is 15.9. The molecule has 0 aliphatic carbocycles. The van der Waals surface area contributed by atoms with Crippen molar-refractivity contribution in [1.29, 1.82) is 5.26 Å². The van der Waals surface area contributed by atoms with Crippen LogP contribution >= 0.6 is 0 Å². The van der Waals surface area contributed by atoms with Gasteiger partial charge in [0.15, 0.2) is 5.54 Å². The number of ether oxygens (including phenoxy) is 1. The number of hydrogen-bond donors (Lipinski definition) is 1. The van der Waals surface area contributed by atoms with Gasteiger partial charge in [0.2, 0.25) is 0 Å². The highest BCUT2D eigenvalue weighted by Crippen LogP contribution is 2.29. The highest BCUT2D eigenvalue weighted by atomic mass is 32.2. The molecule has 1 unspecified atom stereocenters. The van der Waals surface area contributed by atoms with Crippen LogP contribution in [0.1, 0.15) is 11.1 Å². The summed E-state index contributed by atoms with van der Waals surface area (Å²) in [6.45, 7) is 1.99. The van der Waals surface area contributed by atoms with Crippen LogP contribution in [0.3, 0.4) is 0 Å². The summed E-state index contributed by atoms with van der Waals surface area (Å²) in [5, 5.41) is 13.5. The third-order valence-corrected chi connectivity index (χ3v) is 6.03. The Balaban J connectivity index is 1.97. The first-order chi connectivity index (χ1) is 13.6. The molecular formula is C23H22N2O2S. The van der Waals surface area contributed by atoms with Gasteiger partial charge >= 0.3 is 0 Å². The van der Waals surface area contributed by atoms with E-state index in [0.29, 0.717) is 4.90 Å². The molecule has 0 amide bonds. The van der Waals surface area contributed by atoms with E-state index in [4.69, 9.17) is 4.74 Å². The fourth-order valence-corrected chi connectivity index (χ4v) is 4.23. The summed E-state index contributed by atoms with van der Waals surface area (Å²) in [5.41, 5.74) is 1.50. The van der Waals surface area contributed by atoms with Gasteiger partial charge < -0.3 is 10.1 Å². The van der Waals surface area contributed by atoms with Crippen molar-refractivity contribution in [1.82, 2.24) is 0 Å². The molecule has 0 radical (unpaired) electrons. The van der Waals surface area contributed by atoms with Crippen molar-refractivity contribution in [3.63, 3.8) is 0 Å². The average Bonchev–Trinajstić information content (AvgIpc) is 2.74. The fourth-order valence-electron chi connectivity index (χ4n) is 2.93. The Morgan fingerprint density at radius 2 is 1.64 bits per heavy atom. The number of benzene rings is 3. The normalized spacial score (nSPS) is 13.8. The van der Waals surface area contributed by atoms with Crippen molar-refractivity contribution in [2.75, 3.05) is 18.2 Å². The van der Waals surface area contributed by atoms with Crippen LogP contribution in [0, 0.1) is 18.3 Å². The van der Waals surface area contributed by atoms with E-state index in [0.717, 1.165) is 22.6 Å². The summed E-state index contributed by atoms with van der Waals surface area (Å²) in [5.74, 6) is 0.860. The zero-order valence-corrected chi connectivity index (χ0v) is 16.7. The first kappa shape index (κ1) is 19.7. The molecule has 1 N–H and O–H groups in total. The molecule has 28 heavy (non-hydrogen) atoms. The van der Waals surface area contributed by atoms with Crippen molar-refractivity contribution in [2.45, 2.75) is 17.4 Å². The van der Waals surface area contributed by atoms with Crippen LogP contribution in [0.25, 0.3) is 0 Å². The van der Waals surface area contributed by atoms with Crippen LogP contribution in [0.2, 0.25) is 0 Å². The Kier molecular flexibility index (Phi) is 6.13. The van der Waals surface area contributed by atoms with E-state index in [9.17, 15) is 9.47 Å². The predicted octanol–water partition coefficient (Wildman–Crippen LogP) is 4.64. The Hall–Kier alpha value is -3.10. The minimum absolute atomic E-state index is 0.128.